The van der Waals surface area contributed by atoms with Crippen molar-refractivity contribution in [2.24, 2.45) is 0 Å². The Balaban J connectivity index is 2.42. The number of rotatable bonds is 3. The van der Waals surface area contributed by atoms with Crippen molar-refractivity contribution in [2.45, 2.75) is 36.4 Å². The van der Waals surface area contributed by atoms with Crippen LogP contribution in [-0.4, -0.2) is 49.6 Å². The maximum absolute atomic E-state index is 13.7. The summed E-state index contributed by atoms with van der Waals surface area (Å²) in [5.74, 6) is 0.0169. The molecule has 0 saturated carbocycles. The Hall–Kier alpha value is -1.22. The normalized spacial score (nSPS) is 35.1. The maximum Gasteiger partial charge on any atom is 0.351 e. The van der Waals surface area contributed by atoms with Crippen molar-refractivity contribution < 1.29 is 19.3 Å². The number of nitrogens with two attached hydrogens (primary N) is 1. The van der Waals surface area contributed by atoms with Gasteiger partial charge in [0.2, 0.25) is 0 Å². The molecular formula is C11H15ClFN3O4. The fourth-order valence-electron chi connectivity index (χ4n) is 2.20. The van der Waals surface area contributed by atoms with E-state index in [0.717, 1.165) is 11.5 Å². The summed E-state index contributed by atoms with van der Waals surface area (Å²) in [5.41, 5.74) is 2.75. The van der Waals surface area contributed by atoms with Crippen LogP contribution in [0.15, 0.2) is 17.1 Å². The van der Waals surface area contributed by atoms with Crippen LogP contribution in [0.1, 0.15) is 13.2 Å². The molecule has 0 spiro atoms. The Morgan fingerprint density at radius 2 is 2.40 bits per heavy atom. The molecule has 0 aliphatic carbocycles. The minimum absolute atomic E-state index is 0.0169. The van der Waals surface area contributed by atoms with Crippen LogP contribution < -0.4 is 11.4 Å². The third-order valence-corrected chi connectivity index (χ3v) is 3.92. The van der Waals surface area contributed by atoms with E-state index in [-0.39, 0.29) is 5.82 Å². The molecule has 112 valence electrons. The second-order valence-electron chi connectivity index (χ2n) is 4.67. The van der Waals surface area contributed by atoms with Gasteiger partial charge in [-0.2, -0.15) is 4.98 Å². The smallest absolute Gasteiger partial charge is 0.351 e. The maximum atomic E-state index is 13.7. The van der Waals surface area contributed by atoms with Crippen LogP contribution in [0, 0.1) is 0 Å². The number of anilines is 1. The van der Waals surface area contributed by atoms with Crippen molar-refractivity contribution in [2.75, 3.05) is 12.3 Å². The van der Waals surface area contributed by atoms with Gasteiger partial charge >= 0.3 is 5.69 Å². The minimum atomic E-state index is -1.88. The Morgan fingerprint density at radius 1 is 1.75 bits per heavy atom. The summed E-state index contributed by atoms with van der Waals surface area (Å²) in [6, 6.07) is 1.35. The van der Waals surface area contributed by atoms with E-state index in [1.165, 1.54) is 12.3 Å². The number of nitrogen functional groups attached to an aromatic ring is 1. The van der Waals surface area contributed by atoms with E-state index >= 15 is 0 Å². The molecule has 1 saturated heterocycles. The molecule has 0 bridgehead atoms. The monoisotopic (exact) mass is 307 g/mol. The summed E-state index contributed by atoms with van der Waals surface area (Å²) < 4.78 is 20.1. The highest BCUT2D eigenvalue weighted by Gasteiger charge is 2.58. The highest BCUT2D eigenvalue weighted by Crippen LogP contribution is 2.42. The van der Waals surface area contributed by atoms with Gasteiger partial charge in [-0.1, -0.05) is 0 Å². The van der Waals surface area contributed by atoms with Crippen LogP contribution in [0.3, 0.4) is 0 Å². The molecule has 7 nitrogen and oxygen atoms in total. The second kappa shape index (κ2) is 5.28. The van der Waals surface area contributed by atoms with Gasteiger partial charge in [0.25, 0.3) is 0 Å². The van der Waals surface area contributed by atoms with E-state index in [1.807, 2.05) is 0 Å². The van der Waals surface area contributed by atoms with E-state index in [2.05, 4.69) is 4.98 Å². The number of ether oxygens (including phenoxy) is 1. The lowest BCUT2D eigenvalue weighted by molar-refractivity contribution is -0.161. The van der Waals surface area contributed by atoms with Crippen molar-refractivity contribution in [1.29, 1.82) is 0 Å². The van der Waals surface area contributed by atoms with Gasteiger partial charge in [0, 0.05) is 6.20 Å². The van der Waals surface area contributed by atoms with Crippen LogP contribution >= 0.6 is 11.6 Å². The molecule has 1 unspecified atom stereocenters. The van der Waals surface area contributed by atoms with Crippen molar-refractivity contribution in [3.63, 3.8) is 0 Å². The fourth-order valence-corrected chi connectivity index (χ4v) is 2.59. The van der Waals surface area contributed by atoms with Gasteiger partial charge in [-0.25, -0.2) is 9.18 Å². The van der Waals surface area contributed by atoms with Crippen LogP contribution in [-0.2, 0) is 4.74 Å². The van der Waals surface area contributed by atoms with Gasteiger partial charge in [-0.15, -0.1) is 11.6 Å². The number of aliphatic hydroxyl groups is 2. The summed E-state index contributed by atoms with van der Waals surface area (Å²) in [6.07, 6.45) is -3.04. The number of aliphatic hydroxyl groups excluding tert-OH is 2. The molecule has 0 aromatic carbocycles. The van der Waals surface area contributed by atoms with Gasteiger partial charge in [-0.3, -0.25) is 4.57 Å². The Morgan fingerprint density at radius 3 is 2.85 bits per heavy atom. The lowest BCUT2D eigenvalue weighted by Gasteiger charge is -2.31. The zero-order chi connectivity index (χ0) is 15.1. The van der Waals surface area contributed by atoms with E-state index in [4.69, 9.17) is 22.1 Å². The fraction of sp³-hybridized carbons (Fsp3) is 0.636. The number of hydrogen-bond donors (Lipinski definition) is 3. The van der Waals surface area contributed by atoms with Crippen molar-refractivity contribution in [1.82, 2.24) is 9.55 Å². The number of halogens is 2. The van der Waals surface area contributed by atoms with Crippen molar-refractivity contribution in [3.05, 3.63) is 22.7 Å². The first-order valence-corrected chi connectivity index (χ1v) is 6.36. The van der Waals surface area contributed by atoms with E-state index in [9.17, 15) is 19.4 Å². The largest absolute Gasteiger partial charge is 0.393 e. The average molecular weight is 308 g/mol. The van der Waals surface area contributed by atoms with Crippen LogP contribution in [0.2, 0.25) is 0 Å². The Bertz CT molecular complexity index is 555. The summed E-state index contributed by atoms with van der Waals surface area (Å²) in [7, 11) is 0. The van der Waals surface area contributed by atoms with Gasteiger partial charge in [0.15, 0.2) is 11.8 Å². The highest BCUT2D eigenvalue weighted by atomic mass is 35.5. The first-order chi connectivity index (χ1) is 9.33. The summed E-state index contributed by atoms with van der Waals surface area (Å²) in [5, 5.41) is 18.3. The zero-order valence-electron chi connectivity index (χ0n) is 10.6. The van der Waals surface area contributed by atoms with Gasteiger partial charge in [-0.05, 0) is 13.0 Å². The summed E-state index contributed by atoms with van der Waals surface area (Å²) in [6.45, 7) is 0.359. The van der Waals surface area contributed by atoms with Crippen LogP contribution in [0.5, 0.6) is 0 Å². The topological polar surface area (TPSA) is 111 Å². The SMILES string of the molecule is CC(F)[C@]1(CO)O[C@@H](n2ccc(N)nc2=O)[C@H](Cl)[C@@H]1O. The molecule has 2 heterocycles. The second-order valence-corrected chi connectivity index (χ2v) is 5.17. The first kappa shape index (κ1) is 15.2. The Kier molecular flexibility index (Phi) is 4.01. The predicted octanol–water partition coefficient (Wildman–Crippen LogP) is -0.588. The molecule has 20 heavy (non-hydrogen) atoms. The van der Waals surface area contributed by atoms with Gasteiger partial charge in [0.05, 0.1) is 6.61 Å². The number of nitrogens with zero attached hydrogens (tertiary/aromatic N) is 2. The molecular weight excluding hydrogens is 293 g/mol. The summed E-state index contributed by atoms with van der Waals surface area (Å²) in [4.78, 5) is 15.2. The van der Waals surface area contributed by atoms with Crippen LogP contribution in [0.4, 0.5) is 10.2 Å². The molecule has 5 atom stereocenters. The number of alkyl halides is 2. The van der Waals surface area contributed by atoms with E-state index in [0.29, 0.717) is 0 Å². The van der Waals surface area contributed by atoms with Gasteiger partial charge < -0.3 is 20.7 Å². The number of hydrogen-bond acceptors (Lipinski definition) is 6. The molecule has 1 aliphatic rings. The van der Waals surface area contributed by atoms with E-state index < -0.39 is 41.8 Å². The molecule has 0 amide bonds. The van der Waals surface area contributed by atoms with Gasteiger partial charge in [0.1, 0.15) is 23.5 Å². The predicted molar refractivity (Wildman–Crippen MR) is 69.1 cm³/mol. The highest BCUT2D eigenvalue weighted by molar-refractivity contribution is 6.21. The number of aromatic nitrogens is 2. The lowest BCUT2D eigenvalue weighted by atomic mass is 9.93. The third-order valence-electron chi connectivity index (χ3n) is 3.46. The van der Waals surface area contributed by atoms with Crippen molar-refractivity contribution >= 4 is 17.4 Å². The molecule has 0 radical (unpaired) electrons. The van der Waals surface area contributed by atoms with Crippen LogP contribution in [0.25, 0.3) is 0 Å². The third kappa shape index (κ3) is 2.18. The van der Waals surface area contributed by atoms with E-state index in [1.54, 1.807) is 0 Å². The standard InChI is InChI=1S/C11H15ClFN3O4/c1-5(13)11(4-17)8(18)7(12)9(20-11)16-3-2-6(14)15-10(16)19/h2-3,5,7-9,17-18H,4H2,1H3,(H2,14,15,19)/t5?,7-,8+,9-,11+/m1/s1. The Labute approximate surface area is 118 Å². The zero-order valence-corrected chi connectivity index (χ0v) is 11.4. The molecule has 1 aromatic heterocycles. The molecule has 9 heteroatoms. The summed E-state index contributed by atoms with van der Waals surface area (Å²) >= 11 is 6.01. The lowest BCUT2D eigenvalue weighted by Crippen LogP contribution is -2.51. The average Bonchev–Trinajstić information content (AvgIpc) is 2.64. The quantitative estimate of drug-likeness (QED) is 0.644. The molecule has 1 fully saturated rings. The van der Waals surface area contributed by atoms with Crippen molar-refractivity contribution in [3.8, 4) is 0 Å². The minimum Gasteiger partial charge on any atom is -0.393 e. The molecule has 1 aliphatic heterocycles. The first-order valence-electron chi connectivity index (χ1n) is 5.93. The molecule has 1 aromatic rings. The molecule has 2 rings (SSSR count). The molecule has 4 N–H and O–H groups in total.